The number of nitrogens with zero attached hydrogens (tertiary/aromatic N) is 3. The number of carbonyl (C=O) groups is 1. The molecule has 0 atom stereocenters. The van der Waals surface area contributed by atoms with Gasteiger partial charge in [-0.1, -0.05) is 13.8 Å². The zero-order chi connectivity index (χ0) is 15.2. The van der Waals surface area contributed by atoms with E-state index in [2.05, 4.69) is 28.6 Å². The smallest absolute Gasteiger partial charge is 0.153 e. The lowest BCUT2D eigenvalue weighted by atomic mass is 9.96. The zero-order valence-electron chi connectivity index (χ0n) is 13.5. The predicted octanol–water partition coefficient (Wildman–Crippen LogP) is 2.76. The predicted molar refractivity (Wildman–Crippen MR) is 87.1 cm³/mol. The van der Waals surface area contributed by atoms with Crippen LogP contribution < -0.4 is 4.90 Å². The van der Waals surface area contributed by atoms with Crippen LogP contribution in [0.25, 0.3) is 0 Å². The highest BCUT2D eigenvalue weighted by atomic mass is 16.1. The fourth-order valence-electron chi connectivity index (χ4n) is 3.11. The number of carbonyl (C=O) groups excluding carboxylic acids is 1. The molecule has 1 fully saturated rings. The van der Waals surface area contributed by atoms with E-state index in [-0.39, 0.29) is 0 Å². The summed E-state index contributed by atoms with van der Waals surface area (Å²) in [5, 5.41) is 0. The quantitative estimate of drug-likeness (QED) is 0.755. The molecule has 0 aromatic carbocycles. The second-order valence-electron chi connectivity index (χ2n) is 5.96. The van der Waals surface area contributed by atoms with Crippen molar-refractivity contribution in [3.63, 3.8) is 0 Å². The standard InChI is InChI=1S/C17H27N3O/c1-4-19(5-2)12-15-6-8-20(9-7-15)17-16(13-21)10-14(3)11-18-17/h10-11,13,15H,4-9,12H2,1-3H3. The average Bonchev–Trinajstić information content (AvgIpc) is 2.53. The van der Waals surface area contributed by atoms with E-state index < -0.39 is 0 Å². The van der Waals surface area contributed by atoms with Gasteiger partial charge in [-0.25, -0.2) is 4.98 Å². The van der Waals surface area contributed by atoms with E-state index in [1.165, 1.54) is 19.4 Å². The fourth-order valence-corrected chi connectivity index (χ4v) is 3.11. The van der Waals surface area contributed by atoms with Crippen LogP contribution in [0.1, 0.15) is 42.6 Å². The molecule has 1 aromatic heterocycles. The Balaban J connectivity index is 1.96. The number of aldehydes is 1. The Kier molecular flexibility index (Phi) is 5.74. The second kappa shape index (κ2) is 7.55. The third kappa shape index (κ3) is 4.03. The van der Waals surface area contributed by atoms with Crippen molar-refractivity contribution in [2.24, 2.45) is 5.92 Å². The van der Waals surface area contributed by atoms with Gasteiger partial charge in [-0.3, -0.25) is 4.79 Å². The van der Waals surface area contributed by atoms with Crippen LogP contribution in [0.3, 0.4) is 0 Å². The lowest BCUT2D eigenvalue weighted by Crippen LogP contribution is -2.39. The Bertz CT molecular complexity index is 463. The van der Waals surface area contributed by atoms with Crippen LogP contribution in [-0.4, -0.2) is 48.9 Å². The SMILES string of the molecule is CCN(CC)CC1CCN(c2ncc(C)cc2C=O)CC1. The van der Waals surface area contributed by atoms with E-state index in [0.717, 1.165) is 55.3 Å². The van der Waals surface area contributed by atoms with Gasteiger partial charge in [0.2, 0.25) is 0 Å². The lowest BCUT2D eigenvalue weighted by molar-refractivity contribution is 0.112. The van der Waals surface area contributed by atoms with Gasteiger partial charge >= 0.3 is 0 Å². The van der Waals surface area contributed by atoms with Crippen LogP contribution in [0, 0.1) is 12.8 Å². The Morgan fingerprint density at radius 3 is 2.57 bits per heavy atom. The molecule has 0 unspecified atom stereocenters. The highest BCUT2D eigenvalue weighted by Gasteiger charge is 2.22. The van der Waals surface area contributed by atoms with E-state index in [1.807, 2.05) is 19.2 Å². The van der Waals surface area contributed by atoms with Crippen molar-refractivity contribution in [2.45, 2.75) is 33.6 Å². The molecule has 21 heavy (non-hydrogen) atoms. The van der Waals surface area contributed by atoms with Gasteiger partial charge < -0.3 is 9.80 Å². The number of hydrogen-bond donors (Lipinski definition) is 0. The van der Waals surface area contributed by atoms with Crippen molar-refractivity contribution >= 4 is 12.1 Å². The summed E-state index contributed by atoms with van der Waals surface area (Å²) < 4.78 is 0. The van der Waals surface area contributed by atoms with E-state index in [1.54, 1.807) is 0 Å². The van der Waals surface area contributed by atoms with Gasteiger partial charge in [0, 0.05) is 25.8 Å². The van der Waals surface area contributed by atoms with E-state index in [4.69, 9.17) is 0 Å². The van der Waals surface area contributed by atoms with Crippen molar-refractivity contribution in [1.82, 2.24) is 9.88 Å². The molecule has 116 valence electrons. The Hall–Kier alpha value is -1.42. The number of aromatic nitrogens is 1. The monoisotopic (exact) mass is 289 g/mol. The van der Waals surface area contributed by atoms with Crippen LogP contribution in [0.5, 0.6) is 0 Å². The van der Waals surface area contributed by atoms with E-state index in [9.17, 15) is 4.79 Å². The molecule has 0 saturated carbocycles. The molecule has 0 amide bonds. The van der Waals surface area contributed by atoms with Gasteiger partial charge in [0.25, 0.3) is 0 Å². The average molecular weight is 289 g/mol. The van der Waals surface area contributed by atoms with Gasteiger partial charge in [-0.05, 0) is 50.4 Å². The molecule has 4 nitrogen and oxygen atoms in total. The molecule has 0 spiro atoms. The van der Waals surface area contributed by atoms with Crippen molar-refractivity contribution in [1.29, 1.82) is 0 Å². The molecule has 0 N–H and O–H groups in total. The molecular formula is C17H27N3O. The summed E-state index contributed by atoms with van der Waals surface area (Å²) in [7, 11) is 0. The third-order valence-corrected chi connectivity index (χ3v) is 4.48. The topological polar surface area (TPSA) is 36.4 Å². The summed E-state index contributed by atoms with van der Waals surface area (Å²) in [5.74, 6) is 1.63. The number of rotatable bonds is 6. The molecule has 1 aliphatic heterocycles. The van der Waals surface area contributed by atoms with Gasteiger partial charge in [0.1, 0.15) is 5.82 Å². The Morgan fingerprint density at radius 1 is 1.33 bits per heavy atom. The van der Waals surface area contributed by atoms with Crippen LogP contribution in [0.2, 0.25) is 0 Å². The highest BCUT2D eigenvalue weighted by molar-refractivity contribution is 5.83. The molecule has 4 heteroatoms. The number of piperidine rings is 1. The molecule has 0 bridgehead atoms. The van der Waals surface area contributed by atoms with Crippen LogP contribution in [0.15, 0.2) is 12.3 Å². The summed E-state index contributed by atoms with van der Waals surface area (Å²) in [6, 6.07) is 1.93. The molecule has 2 rings (SSSR count). The summed E-state index contributed by atoms with van der Waals surface area (Å²) >= 11 is 0. The minimum atomic E-state index is 0.720. The minimum Gasteiger partial charge on any atom is -0.356 e. The molecule has 0 radical (unpaired) electrons. The number of hydrogen-bond acceptors (Lipinski definition) is 4. The van der Waals surface area contributed by atoms with Gasteiger partial charge in [0.15, 0.2) is 6.29 Å². The minimum absolute atomic E-state index is 0.720. The largest absolute Gasteiger partial charge is 0.356 e. The van der Waals surface area contributed by atoms with Gasteiger partial charge in [0.05, 0.1) is 5.56 Å². The normalized spacial score (nSPS) is 16.5. The molecule has 0 aliphatic carbocycles. The first-order chi connectivity index (χ1) is 10.2. The first-order valence-corrected chi connectivity index (χ1v) is 8.07. The van der Waals surface area contributed by atoms with Gasteiger partial charge in [-0.2, -0.15) is 0 Å². The Morgan fingerprint density at radius 2 is 2.00 bits per heavy atom. The van der Waals surface area contributed by atoms with Crippen molar-refractivity contribution in [3.05, 3.63) is 23.4 Å². The van der Waals surface area contributed by atoms with Crippen molar-refractivity contribution in [2.75, 3.05) is 37.6 Å². The number of pyridine rings is 1. The number of aryl methyl sites for hydroxylation is 1. The van der Waals surface area contributed by atoms with Crippen LogP contribution in [0.4, 0.5) is 5.82 Å². The van der Waals surface area contributed by atoms with Crippen LogP contribution in [-0.2, 0) is 0 Å². The summed E-state index contributed by atoms with van der Waals surface area (Å²) in [4.78, 5) is 20.5. The van der Waals surface area contributed by atoms with Gasteiger partial charge in [-0.15, -0.1) is 0 Å². The summed E-state index contributed by atoms with van der Waals surface area (Å²) in [5.41, 5.74) is 1.76. The highest BCUT2D eigenvalue weighted by Crippen LogP contribution is 2.25. The maximum Gasteiger partial charge on any atom is 0.153 e. The van der Waals surface area contributed by atoms with Crippen molar-refractivity contribution < 1.29 is 4.79 Å². The lowest BCUT2D eigenvalue weighted by Gasteiger charge is -2.35. The molecule has 1 aromatic rings. The zero-order valence-corrected chi connectivity index (χ0v) is 13.5. The maximum absolute atomic E-state index is 11.2. The maximum atomic E-state index is 11.2. The van der Waals surface area contributed by atoms with E-state index >= 15 is 0 Å². The second-order valence-corrected chi connectivity index (χ2v) is 5.96. The van der Waals surface area contributed by atoms with E-state index in [0.29, 0.717) is 0 Å². The summed E-state index contributed by atoms with van der Waals surface area (Å²) in [6.07, 6.45) is 5.15. The first kappa shape index (κ1) is 16.0. The molecule has 1 saturated heterocycles. The fraction of sp³-hybridized carbons (Fsp3) is 0.647. The molecular weight excluding hydrogens is 262 g/mol. The summed E-state index contributed by atoms with van der Waals surface area (Å²) in [6.45, 7) is 11.9. The number of anilines is 1. The molecule has 2 heterocycles. The van der Waals surface area contributed by atoms with Crippen LogP contribution >= 0.6 is 0 Å². The van der Waals surface area contributed by atoms with Crippen molar-refractivity contribution in [3.8, 4) is 0 Å². The molecule has 1 aliphatic rings. The third-order valence-electron chi connectivity index (χ3n) is 4.48. The first-order valence-electron chi connectivity index (χ1n) is 8.07. The Labute approximate surface area is 128 Å².